The van der Waals surface area contributed by atoms with Gasteiger partial charge in [-0.05, 0) is 46.3 Å². The van der Waals surface area contributed by atoms with Gasteiger partial charge in [0.05, 0.1) is 0 Å². The predicted octanol–water partition coefficient (Wildman–Crippen LogP) is 20.2. The summed E-state index contributed by atoms with van der Waals surface area (Å²) >= 11 is 0. The van der Waals surface area contributed by atoms with E-state index >= 15 is 0 Å². The smallest absolute Gasteiger partial charge is 0.0351 e. The van der Waals surface area contributed by atoms with Crippen molar-refractivity contribution < 1.29 is 19.8 Å². The van der Waals surface area contributed by atoms with Crippen molar-refractivity contribution in [3.63, 3.8) is 0 Å². The molecule has 1 nitrogen and oxygen atoms in total. The zero-order valence-corrected chi connectivity index (χ0v) is 42.1. The van der Waals surface area contributed by atoms with Gasteiger partial charge in [0.2, 0.25) is 0 Å². The van der Waals surface area contributed by atoms with Gasteiger partial charge in [0.15, 0.2) is 0 Å². The largest absolute Gasteiger partial charge is 0.388 e. The number of hydrogen-bond donors (Lipinski definition) is 0. The van der Waals surface area contributed by atoms with E-state index in [1.54, 1.807) is 41.9 Å². The maximum Gasteiger partial charge on any atom is 0.0351 e. The molecule has 336 valence electrons. The Bertz CT molecular complexity index is 962. The zero-order valence-electron chi connectivity index (χ0n) is 53.1. The van der Waals surface area contributed by atoms with Crippen molar-refractivity contribution in [2.24, 2.45) is 46.3 Å². The SMILES string of the molecule is CC(C)(C)C.CCC.COC.[2H]C(C)(C)C.[2H]C([2H])(C)C(C)(C)C.[2H]C([2H])(C)C(C)C.[2H]C([2H])(C)C1CCCC1.[2H]C([2H])(C)C1CCCCC1.[2H]C1(C)CCCC1.[2H]C1(C)CCCCC1. The van der Waals surface area contributed by atoms with Crippen LogP contribution in [0.1, 0.15) is 301 Å². The van der Waals surface area contributed by atoms with Crippen LogP contribution in [0.2, 0.25) is 0 Å². The van der Waals surface area contributed by atoms with E-state index in [2.05, 4.69) is 46.3 Å². The molecule has 0 spiro atoms. The molecule has 0 N–H and O–H groups in total. The van der Waals surface area contributed by atoms with Crippen LogP contribution in [-0.4, -0.2) is 14.2 Å². The molecular formula is C53H118O. The molecule has 0 aromatic rings. The molecule has 0 radical (unpaired) electrons. The lowest BCUT2D eigenvalue weighted by Crippen LogP contribution is -2.03. The fourth-order valence-corrected chi connectivity index (χ4v) is 4.74. The van der Waals surface area contributed by atoms with Crippen molar-refractivity contribution >= 4 is 0 Å². The minimum atomic E-state index is -1.06. The first-order valence-electron chi connectivity index (χ1n) is 28.0. The molecule has 1 heteroatoms. The van der Waals surface area contributed by atoms with Crippen LogP contribution in [0.3, 0.4) is 0 Å². The van der Waals surface area contributed by atoms with E-state index in [1.165, 1.54) is 70.6 Å². The maximum atomic E-state index is 7.63. The van der Waals surface area contributed by atoms with Crippen molar-refractivity contribution in [1.29, 1.82) is 0 Å². The summed E-state index contributed by atoms with van der Waals surface area (Å²) < 4.78 is 84.7. The highest BCUT2D eigenvalue weighted by atomic mass is 16.4. The van der Waals surface area contributed by atoms with Gasteiger partial charge in [0, 0.05) is 29.3 Å². The molecule has 0 amide bonds. The van der Waals surface area contributed by atoms with Crippen LogP contribution in [0.15, 0.2) is 0 Å². The summed E-state index contributed by atoms with van der Waals surface area (Å²) in [6, 6.07) is 0. The van der Waals surface area contributed by atoms with Gasteiger partial charge >= 0.3 is 0 Å². The van der Waals surface area contributed by atoms with Gasteiger partial charge in [-0.2, -0.15) is 0 Å². The lowest BCUT2D eigenvalue weighted by Gasteiger charge is -2.18. The fraction of sp³-hybridized carbons (Fsp3) is 1.00. The summed E-state index contributed by atoms with van der Waals surface area (Å²) in [5, 5.41) is 0. The molecule has 0 heterocycles. The number of hydrogen-bond acceptors (Lipinski definition) is 1. The summed E-state index contributed by atoms with van der Waals surface area (Å²) in [5.74, 6) is 0.435. The van der Waals surface area contributed by atoms with Crippen molar-refractivity contribution in [2.75, 3.05) is 14.2 Å². The number of rotatable bonds is 3. The second-order valence-corrected chi connectivity index (χ2v) is 19.1. The molecule has 4 saturated carbocycles. The first-order valence-corrected chi connectivity index (χ1v) is 22.5. The van der Waals surface area contributed by atoms with Crippen LogP contribution in [-0.2, 0) is 4.74 Å². The molecule has 4 aliphatic rings. The molecule has 0 saturated heterocycles. The van der Waals surface area contributed by atoms with Crippen molar-refractivity contribution in [2.45, 2.75) is 286 Å². The van der Waals surface area contributed by atoms with Gasteiger partial charge in [-0.3, -0.25) is 0 Å². The Kier molecular flexibility index (Phi) is 39.6. The zero-order chi connectivity index (χ0) is 53.4. The van der Waals surface area contributed by atoms with E-state index in [1.807, 2.05) is 69.2 Å². The Hall–Kier alpha value is -0.0400. The normalized spacial score (nSPS) is 22.8. The predicted molar refractivity (Wildman–Crippen MR) is 258 cm³/mol. The summed E-state index contributed by atoms with van der Waals surface area (Å²) in [6.07, 6.45) is 18.9. The van der Waals surface area contributed by atoms with Crippen molar-refractivity contribution in [3.8, 4) is 0 Å². The third-order valence-electron chi connectivity index (χ3n) is 8.27. The van der Waals surface area contributed by atoms with E-state index in [0.717, 1.165) is 51.4 Å². The van der Waals surface area contributed by atoms with E-state index in [0.29, 0.717) is 17.3 Å². The third kappa shape index (κ3) is 88.9. The van der Waals surface area contributed by atoms with Crippen LogP contribution in [0, 0.1) is 46.3 Å². The van der Waals surface area contributed by atoms with Gasteiger partial charge in [-0.25, -0.2) is 0 Å². The Morgan fingerprint density at radius 2 is 0.704 bits per heavy atom. The van der Waals surface area contributed by atoms with Gasteiger partial charge in [0.25, 0.3) is 0 Å². The summed E-state index contributed by atoms with van der Waals surface area (Å²) in [7, 11) is 3.25. The highest BCUT2D eigenvalue weighted by molar-refractivity contribution is 4.65. The minimum absolute atomic E-state index is 0.0556. The van der Waals surface area contributed by atoms with Crippen molar-refractivity contribution in [1.82, 2.24) is 0 Å². The van der Waals surface area contributed by atoms with Gasteiger partial charge in [-0.1, -0.05) is 286 Å². The maximum absolute atomic E-state index is 7.63. The molecule has 4 rings (SSSR count). The molecule has 54 heavy (non-hydrogen) atoms. The molecule has 0 aromatic carbocycles. The quantitative estimate of drug-likeness (QED) is 0.277. The van der Waals surface area contributed by atoms with Crippen molar-refractivity contribution in [3.05, 3.63) is 0 Å². The lowest BCUT2D eigenvalue weighted by atomic mass is 9.88. The summed E-state index contributed by atoms with van der Waals surface area (Å²) in [5.41, 5.74) is 0.271. The Morgan fingerprint density at radius 1 is 0.537 bits per heavy atom. The average molecular weight is 783 g/mol. The third-order valence-corrected chi connectivity index (χ3v) is 8.27. The Balaban J connectivity index is -0.000000152. The van der Waals surface area contributed by atoms with Gasteiger partial charge < -0.3 is 4.74 Å². The molecule has 0 aromatic heterocycles. The van der Waals surface area contributed by atoms with Crippen LogP contribution >= 0.6 is 0 Å². The average Bonchev–Trinajstić information content (AvgIpc) is 3.77. The standard InChI is InChI=1S/C8H16.2C7H14.C6H12.C6H14.2C5H12.C4H10.C3H8.C2H6O/c1-2-8-6-4-3-5-7-8;1-7-5-3-2-4-6-7;1-2-7-5-3-4-6-7;1-6-4-2-3-5-6;1-5-6(2,3)4;1-5(2,3)4;1-4-5(2)3;1-4(2)3;2*1-3-2/h8H,2-7H2,1H3;2*7H,2-6H2,1H3;6H,2-5H2,1H3;5H2,1-4H3;1-4H3;5H,4H2,1-3H3;4H,1-3H3;3H2,1-2H3;1-2H3/i2D2;7D;2D2;6D;5D2;;4D2;4D;;. The van der Waals surface area contributed by atoms with Crippen LogP contribution in [0.4, 0.5) is 0 Å². The fourth-order valence-electron chi connectivity index (χ4n) is 4.74. The number of ether oxygens (including phenoxy) is 1. The Labute approximate surface area is 365 Å². The monoisotopic (exact) mass is 782 g/mol. The van der Waals surface area contributed by atoms with E-state index < -0.39 is 25.5 Å². The van der Waals surface area contributed by atoms with Gasteiger partial charge in [0.1, 0.15) is 0 Å². The molecule has 0 bridgehead atoms. The van der Waals surface area contributed by atoms with Crippen LogP contribution in [0.5, 0.6) is 0 Å². The summed E-state index contributed by atoms with van der Waals surface area (Å²) in [6.45, 7) is 38.7. The molecule has 4 fully saturated rings. The topological polar surface area (TPSA) is 9.23 Å². The second kappa shape index (κ2) is 49.1. The van der Waals surface area contributed by atoms with Crippen LogP contribution < -0.4 is 0 Å². The lowest BCUT2D eigenvalue weighted by molar-refractivity contribution is 0.277. The Morgan fingerprint density at radius 3 is 0.815 bits per heavy atom. The molecule has 0 aliphatic heterocycles. The van der Waals surface area contributed by atoms with Crippen LogP contribution in [0.25, 0.3) is 0 Å². The van der Waals surface area contributed by atoms with E-state index in [9.17, 15) is 0 Å². The first kappa shape index (κ1) is 43.5. The van der Waals surface area contributed by atoms with E-state index in [4.69, 9.17) is 15.1 Å². The highest BCUT2D eigenvalue weighted by Gasteiger charge is 2.11. The minimum Gasteiger partial charge on any atom is -0.388 e. The molecule has 0 atom stereocenters. The molecule has 4 aliphatic carbocycles. The molecule has 0 unspecified atom stereocenters. The van der Waals surface area contributed by atoms with E-state index in [-0.39, 0.29) is 29.0 Å². The second-order valence-electron chi connectivity index (χ2n) is 19.1. The first-order chi connectivity index (χ1) is 28.6. The summed E-state index contributed by atoms with van der Waals surface area (Å²) in [4.78, 5) is 0. The number of methoxy groups -OCH3 is 1. The highest BCUT2D eigenvalue weighted by Crippen LogP contribution is 2.27. The molecular weight excluding hydrogens is 653 g/mol. The van der Waals surface area contributed by atoms with Gasteiger partial charge in [-0.15, -0.1) is 0 Å².